The fourth-order valence-electron chi connectivity index (χ4n) is 1.95. The Kier molecular flexibility index (Phi) is 6.80. The summed E-state index contributed by atoms with van der Waals surface area (Å²) in [5.41, 5.74) is 0.865. The molecule has 0 fully saturated rings. The number of hydrogen-bond acceptors (Lipinski definition) is 3. The molecule has 1 heterocycles. The SMILES string of the molecule is CCNC(=NCc1ccc(F)c(Cl)c1)NCCc1ncc(C)s1. The summed E-state index contributed by atoms with van der Waals surface area (Å²) in [5.74, 6) is 0.310. The van der Waals surface area contributed by atoms with E-state index in [1.807, 2.05) is 20.0 Å². The zero-order valence-corrected chi connectivity index (χ0v) is 14.8. The second-order valence-corrected chi connectivity index (χ2v) is 6.71. The molecule has 0 saturated heterocycles. The van der Waals surface area contributed by atoms with Crippen LogP contribution in [-0.2, 0) is 13.0 Å². The highest BCUT2D eigenvalue weighted by Gasteiger charge is 2.03. The van der Waals surface area contributed by atoms with Crippen molar-refractivity contribution in [3.63, 3.8) is 0 Å². The van der Waals surface area contributed by atoms with Crippen LogP contribution in [0.4, 0.5) is 4.39 Å². The van der Waals surface area contributed by atoms with Gasteiger partial charge in [-0.3, -0.25) is 0 Å². The molecule has 0 radical (unpaired) electrons. The number of halogens is 2. The van der Waals surface area contributed by atoms with Crippen LogP contribution in [0.2, 0.25) is 5.02 Å². The van der Waals surface area contributed by atoms with Gasteiger partial charge in [0.05, 0.1) is 16.6 Å². The standard InChI is InChI=1S/C16H20ClFN4S/c1-3-19-16(20-7-6-15-21-9-11(2)23-15)22-10-12-4-5-14(18)13(17)8-12/h4-5,8-9H,3,6-7,10H2,1-2H3,(H2,19,20,22). The van der Waals surface area contributed by atoms with E-state index < -0.39 is 5.82 Å². The first-order chi connectivity index (χ1) is 11.1. The van der Waals surface area contributed by atoms with Gasteiger partial charge in [-0.25, -0.2) is 14.4 Å². The monoisotopic (exact) mass is 354 g/mol. The van der Waals surface area contributed by atoms with Gasteiger partial charge in [0.1, 0.15) is 5.82 Å². The van der Waals surface area contributed by atoms with Crippen molar-refractivity contribution in [2.24, 2.45) is 4.99 Å². The number of nitrogens with zero attached hydrogens (tertiary/aromatic N) is 2. The number of nitrogens with one attached hydrogen (secondary N) is 2. The Bertz CT molecular complexity index is 672. The molecule has 2 aromatic rings. The second kappa shape index (κ2) is 8.84. The fraction of sp³-hybridized carbons (Fsp3) is 0.375. The lowest BCUT2D eigenvalue weighted by atomic mass is 10.2. The van der Waals surface area contributed by atoms with Gasteiger partial charge in [-0.1, -0.05) is 17.7 Å². The van der Waals surface area contributed by atoms with Gasteiger partial charge in [-0.15, -0.1) is 11.3 Å². The summed E-state index contributed by atoms with van der Waals surface area (Å²) in [6.45, 7) is 6.02. The minimum atomic E-state index is -0.414. The Morgan fingerprint density at radius 1 is 1.39 bits per heavy atom. The summed E-state index contributed by atoms with van der Waals surface area (Å²) < 4.78 is 13.2. The molecule has 1 aromatic heterocycles. The lowest BCUT2D eigenvalue weighted by Gasteiger charge is -2.10. The van der Waals surface area contributed by atoms with Gasteiger partial charge >= 0.3 is 0 Å². The first-order valence-corrected chi connectivity index (χ1v) is 8.65. The maximum atomic E-state index is 13.2. The zero-order chi connectivity index (χ0) is 16.7. The molecule has 0 aliphatic rings. The molecule has 23 heavy (non-hydrogen) atoms. The molecule has 124 valence electrons. The quantitative estimate of drug-likeness (QED) is 0.616. The summed E-state index contributed by atoms with van der Waals surface area (Å²) in [7, 11) is 0. The maximum Gasteiger partial charge on any atom is 0.191 e. The molecule has 0 saturated carbocycles. The lowest BCUT2D eigenvalue weighted by molar-refractivity contribution is 0.627. The summed E-state index contributed by atoms with van der Waals surface area (Å²) >= 11 is 7.49. The molecular weight excluding hydrogens is 335 g/mol. The van der Waals surface area contributed by atoms with Crippen molar-refractivity contribution in [1.82, 2.24) is 15.6 Å². The molecule has 0 bridgehead atoms. The third-order valence-corrected chi connectivity index (χ3v) is 4.31. The van der Waals surface area contributed by atoms with E-state index in [9.17, 15) is 4.39 Å². The van der Waals surface area contributed by atoms with E-state index in [0.717, 1.165) is 36.0 Å². The highest BCUT2D eigenvalue weighted by atomic mass is 35.5. The minimum Gasteiger partial charge on any atom is -0.357 e. The normalized spacial score (nSPS) is 11.6. The number of hydrogen-bond donors (Lipinski definition) is 2. The molecule has 2 N–H and O–H groups in total. The molecular formula is C16H20ClFN4S. The van der Waals surface area contributed by atoms with Crippen LogP contribution in [0.15, 0.2) is 29.4 Å². The molecule has 2 rings (SSSR count). The highest BCUT2D eigenvalue weighted by molar-refractivity contribution is 7.11. The predicted molar refractivity (Wildman–Crippen MR) is 94.8 cm³/mol. The molecule has 0 amide bonds. The highest BCUT2D eigenvalue weighted by Crippen LogP contribution is 2.16. The van der Waals surface area contributed by atoms with Gasteiger partial charge in [-0.2, -0.15) is 0 Å². The van der Waals surface area contributed by atoms with Crippen molar-refractivity contribution in [3.05, 3.63) is 50.7 Å². The third-order valence-electron chi connectivity index (χ3n) is 3.05. The van der Waals surface area contributed by atoms with Crippen LogP contribution < -0.4 is 10.6 Å². The van der Waals surface area contributed by atoms with E-state index in [2.05, 4.69) is 20.6 Å². The second-order valence-electron chi connectivity index (χ2n) is 4.99. The van der Waals surface area contributed by atoms with E-state index in [1.165, 1.54) is 10.9 Å². The van der Waals surface area contributed by atoms with E-state index in [-0.39, 0.29) is 5.02 Å². The van der Waals surface area contributed by atoms with Crippen LogP contribution in [-0.4, -0.2) is 24.0 Å². The van der Waals surface area contributed by atoms with Crippen LogP contribution in [0, 0.1) is 12.7 Å². The Labute approximate surface area is 144 Å². The third kappa shape index (κ3) is 5.80. The Morgan fingerprint density at radius 3 is 2.87 bits per heavy atom. The Balaban J connectivity index is 1.89. The van der Waals surface area contributed by atoms with Crippen molar-refractivity contribution in [1.29, 1.82) is 0 Å². The number of guanidine groups is 1. The first kappa shape index (κ1) is 17.7. The average Bonchev–Trinajstić information content (AvgIpc) is 2.93. The first-order valence-electron chi connectivity index (χ1n) is 7.46. The van der Waals surface area contributed by atoms with Crippen molar-refractivity contribution in [3.8, 4) is 0 Å². The molecule has 1 aromatic carbocycles. The van der Waals surface area contributed by atoms with E-state index in [0.29, 0.717) is 6.54 Å². The number of thiazole rings is 1. The number of aliphatic imine (C=N–C) groups is 1. The van der Waals surface area contributed by atoms with Gasteiger partial charge in [0.15, 0.2) is 5.96 Å². The van der Waals surface area contributed by atoms with E-state index in [4.69, 9.17) is 11.6 Å². The largest absolute Gasteiger partial charge is 0.357 e. The van der Waals surface area contributed by atoms with Crippen molar-refractivity contribution >= 4 is 28.9 Å². The summed E-state index contributed by atoms with van der Waals surface area (Å²) in [6.07, 6.45) is 2.74. The summed E-state index contributed by atoms with van der Waals surface area (Å²) in [6, 6.07) is 4.65. The molecule has 4 nitrogen and oxygen atoms in total. The van der Waals surface area contributed by atoms with Gasteiger partial charge in [0.2, 0.25) is 0 Å². The van der Waals surface area contributed by atoms with Crippen LogP contribution in [0.5, 0.6) is 0 Å². The number of benzene rings is 1. The van der Waals surface area contributed by atoms with Crippen molar-refractivity contribution < 1.29 is 4.39 Å². The molecule has 0 aliphatic carbocycles. The molecule has 0 atom stereocenters. The number of aryl methyl sites for hydroxylation is 1. The predicted octanol–water partition coefficient (Wildman–Crippen LogP) is 3.54. The van der Waals surface area contributed by atoms with Crippen LogP contribution in [0.1, 0.15) is 22.4 Å². The zero-order valence-electron chi connectivity index (χ0n) is 13.2. The van der Waals surface area contributed by atoms with Crippen LogP contribution in [0.25, 0.3) is 0 Å². The van der Waals surface area contributed by atoms with Gasteiger partial charge in [0, 0.05) is 30.6 Å². The van der Waals surface area contributed by atoms with Gasteiger partial charge < -0.3 is 10.6 Å². The summed E-state index contributed by atoms with van der Waals surface area (Å²) in [4.78, 5) is 10.0. The lowest BCUT2D eigenvalue weighted by Crippen LogP contribution is -2.38. The van der Waals surface area contributed by atoms with Crippen LogP contribution in [0.3, 0.4) is 0 Å². The van der Waals surface area contributed by atoms with E-state index in [1.54, 1.807) is 23.5 Å². The van der Waals surface area contributed by atoms with Crippen molar-refractivity contribution in [2.75, 3.05) is 13.1 Å². The Hall–Kier alpha value is -1.66. The number of rotatable bonds is 6. The van der Waals surface area contributed by atoms with Gasteiger partial charge in [0.25, 0.3) is 0 Å². The Morgan fingerprint density at radius 2 is 2.22 bits per heavy atom. The fourth-order valence-corrected chi connectivity index (χ4v) is 2.94. The molecule has 0 spiro atoms. The average molecular weight is 355 g/mol. The summed E-state index contributed by atoms with van der Waals surface area (Å²) in [5, 5.41) is 7.69. The smallest absolute Gasteiger partial charge is 0.191 e. The number of aromatic nitrogens is 1. The molecule has 0 unspecified atom stereocenters. The van der Waals surface area contributed by atoms with E-state index >= 15 is 0 Å². The maximum absolute atomic E-state index is 13.2. The van der Waals surface area contributed by atoms with Gasteiger partial charge in [-0.05, 0) is 31.5 Å². The topological polar surface area (TPSA) is 49.3 Å². The molecule has 0 aliphatic heterocycles. The van der Waals surface area contributed by atoms with Crippen LogP contribution >= 0.6 is 22.9 Å². The molecule has 7 heteroatoms. The van der Waals surface area contributed by atoms with Crippen molar-refractivity contribution in [2.45, 2.75) is 26.8 Å². The minimum absolute atomic E-state index is 0.120.